The fourth-order valence-corrected chi connectivity index (χ4v) is 7.78. The molecule has 4 aromatic rings. The van der Waals surface area contributed by atoms with Crippen molar-refractivity contribution in [3.05, 3.63) is 80.2 Å². The minimum Gasteiger partial charge on any atom is -0.335 e. The van der Waals surface area contributed by atoms with Crippen molar-refractivity contribution < 1.29 is 4.79 Å². The number of hydrogen-bond acceptors (Lipinski definition) is 6. The molecule has 2 aliphatic heterocycles. The zero-order chi connectivity index (χ0) is 24.6. The maximum Gasteiger partial charge on any atom is 0.226 e. The van der Waals surface area contributed by atoms with Crippen molar-refractivity contribution in [3.63, 3.8) is 0 Å². The van der Waals surface area contributed by atoms with Gasteiger partial charge in [-0.1, -0.05) is 29.8 Å². The van der Waals surface area contributed by atoms with E-state index < -0.39 is 0 Å². The van der Waals surface area contributed by atoms with E-state index in [1.54, 1.807) is 11.3 Å². The van der Waals surface area contributed by atoms with E-state index in [4.69, 9.17) is 11.6 Å². The van der Waals surface area contributed by atoms with Crippen LogP contribution < -0.4 is 5.32 Å². The first-order valence-electron chi connectivity index (χ1n) is 12.3. The second kappa shape index (κ2) is 8.26. The van der Waals surface area contributed by atoms with Crippen LogP contribution in [0.1, 0.15) is 50.8 Å². The normalized spacial score (nSPS) is 20.5. The average Bonchev–Trinajstić information content (AvgIpc) is 3.61. The molecule has 1 amide bonds. The van der Waals surface area contributed by atoms with Crippen LogP contribution in [0, 0.1) is 19.8 Å². The molecule has 36 heavy (non-hydrogen) atoms. The number of rotatable bonds is 2. The maximum absolute atomic E-state index is 13.7. The van der Waals surface area contributed by atoms with Gasteiger partial charge >= 0.3 is 0 Å². The summed E-state index contributed by atoms with van der Waals surface area (Å²) in [6.07, 6.45) is 3.42. The lowest BCUT2D eigenvalue weighted by Gasteiger charge is -2.31. The van der Waals surface area contributed by atoms with Gasteiger partial charge in [0.2, 0.25) is 5.91 Å². The fourth-order valence-electron chi connectivity index (χ4n) is 6.03. The second-order valence-electron chi connectivity index (χ2n) is 9.87. The molecule has 3 aliphatic rings. The molecule has 3 aromatic heterocycles. The Labute approximate surface area is 217 Å². The number of halogens is 1. The zero-order valence-electron chi connectivity index (χ0n) is 20.2. The summed E-state index contributed by atoms with van der Waals surface area (Å²) in [6, 6.07) is 7.94. The van der Waals surface area contributed by atoms with Gasteiger partial charge < -0.3 is 9.47 Å². The second-order valence-corrected chi connectivity index (χ2v) is 11.4. The molecular formula is C26H26ClN7OS. The Morgan fingerprint density at radius 3 is 2.86 bits per heavy atom. The van der Waals surface area contributed by atoms with Crippen LogP contribution in [0.2, 0.25) is 5.02 Å². The van der Waals surface area contributed by atoms with Gasteiger partial charge in [-0.25, -0.2) is 4.98 Å². The number of aryl methyl sites for hydroxylation is 2. The Hall–Kier alpha value is -3.01. The predicted octanol–water partition coefficient (Wildman–Crippen LogP) is 3.75. The van der Waals surface area contributed by atoms with Crippen LogP contribution in [-0.4, -0.2) is 41.7 Å². The number of aromatic nitrogens is 5. The Bertz CT molecular complexity index is 1520. The van der Waals surface area contributed by atoms with Gasteiger partial charge in [0.05, 0.1) is 31.0 Å². The predicted molar refractivity (Wildman–Crippen MR) is 137 cm³/mol. The third-order valence-corrected chi connectivity index (χ3v) is 9.40. The highest BCUT2D eigenvalue weighted by atomic mass is 35.5. The molecule has 0 saturated carbocycles. The van der Waals surface area contributed by atoms with E-state index in [1.165, 1.54) is 16.0 Å². The largest absolute Gasteiger partial charge is 0.335 e. The lowest BCUT2D eigenvalue weighted by molar-refractivity contribution is -0.136. The number of nitrogens with zero attached hydrogens (tertiary/aromatic N) is 6. The summed E-state index contributed by atoms with van der Waals surface area (Å²) in [5.41, 5.74) is 4.66. The van der Waals surface area contributed by atoms with Crippen LogP contribution >= 0.6 is 22.9 Å². The monoisotopic (exact) mass is 519 g/mol. The molecule has 1 N–H and O–H groups in total. The van der Waals surface area contributed by atoms with Gasteiger partial charge in [0.25, 0.3) is 0 Å². The molecule has 0 saturated heterocycles. The van der Waals surface area contributed by atoms with E-state index >= 15 is 0 Å². The van der Waals surface area contributed by atoms with Gasteiger partial charge in [-0.2, -0.15) is 0 Å². The maximum atomic E-state index is 13.7. The molecule has 0 radical (unpaired) electrons. The standard InChI is InChI=1S/C26H26ClN7OS/c1-14-28-11-17-13-32(7-8-33(14)17)25(35)16-9-19-21(10-16)36-26-23(19)24(18-5-3-4-6-20(18)27)29-12-22-31-30-15(2)34(22)26/h3-6,11,16,24,29H,7-10,12-13H2,1-2H3/t16-,24-/m0/s1. The number of carbonyl (C=O) groups excluding carboxylic acids is 1. The van der Waals surface area contributed by atoms with Gasteiger partial charge in [-0.3, -0.25) is 14.7 Å². The number of imidazole rings is 1. The minimum absolute atomic E-state index is 0.0382. The van der Waals surface area contributed by atoms with Crippen LogP contribution in [0.3, 0.4) is 0 Å². The molecule has 184 valence electrons. The van der Waals surface area contributed by atoms with E-state index in [-0.39, 0.29) is 17.9 Å². The molecule has 0 fully saturated rings. The third kappa shape index (κ3) is 3.29. The summed E-state index contributed by atoms with van der Waals surface area (Å²) >= 11 is 8.47. The highest BCUT2D eigenvalue weighted by molar-refractivity contribution is 7.15. The van der Waals surface area contributed by atoms with E-state index in [9.17, 15) is 4.79 Å². The quantitative estimate of drug-likeness (QED) is 0.436. The number of benzene rings is 1. The summed E-state index contributed by atoms with van der Waals surface area (Å²) in [5, 5.41) is 14.4. The van der Waals surface area contributed by atoms with Crippen LogP contribution in [0.4, 0.5) is 0 Å². The Balaban J connectivity index is 1.25. The van der Waals surface area contributed by atoms with Crippen molar-refractivity contribution in [1.82, 2.24) is 34.5 Å². The highest BCUT2D eigenvalue weighted by Gasteiger charge is 2.40. The third-order valence-electron chi connectivity index (χ3n) is 7.80. The number of thiophene rings is 1. The molecule has 1 aromatic carbocycles. The SMILES string of the molecule is Cc1ncc2n1CCN(C(=O)[C@@H]1Cc3sc4c(c3C1)[C@H](c1ccccc1Cl)NCc1nnc(C)n1-4)C2. The topological polar surface area (TPSA) is 80.9 Å². The Morgan fingerprint density at radius 2 is 2.00 bits per heavy atom. The number of fused-ring (bicyclic) bond motifs is 6. The summed E-state index contributed by atoms with van der Waals surface area (Å²) in [4.78, 5) is 21.4. The van der Waals surface area contributed by atoms with Crippen molar-refractivity contribution in [2.45, 2.75) is 52.4 Å². The molecule has 0 unspecified atom stereocenters. The molecular weight excluding hydrogens is 494 g/mol. The van der Waals surface area contributed by atoms with Crippen LogP contribution in [0.15, 0.2) is 30.5 Å². The summed E-state index contributed by atoms with van der Waals surface area (Å²) in [5.74, 6) is 3.00. The molecule has 10 heteroatoms. The molecule has 0 bridgehead atoms. The Morgan fingerprint density at radius 1 is 1.14 bits per heavy atom. The smallest absolute Gasteiger partial charge is 0.226 e. The first-order valence-corrected chi connectivity index (χ1v) is 13.5. The van der Waals surface area contributed by atoms with Gasteiger partial charge in [-0.05, 0) is 43.9 Å². The molecule has 0 spiro atoms. The molecule has 7 rings (SSSR count). The van der Waals surface area contributed by atoms with E-state index in [0.717, 1.165) is 64.7 Å². The van der Waals surface area contributed by atoms with E-state index in [0.29, 0.717) is 13.1 Å². The van der Waals surface area contributed by atoms with Crippen molar-refractivity contribution in [2.75, 3.05) is 6.54 Å². The van der Waals surface area contributed by atoms with Gasteiger partial charge in [-0.15, -0.1) is 21.5 Å². The van der Waals surface area contributed by atoms with E-state index in [1.807, 2.05) is 43.1 Å². The average molecular weight is 520 g/mol. The Kier molecular flexibility index (Phi) is 5.09. The van der Waals surface area contributed by atoms with Crippen LogP contribution in [-0.2, 0) is 37.3 Å². The summed E-state index contributed by atoms with van der Waals surface area (Å²) in [6.45, 7) is 6.79. The molecule has 5 heterocycles. The summed E-state index contributed by atoms with van der Waals surface area (Å²) in [7, 11) is 0. The lowest BCUT2D eigenvalue weighted by atomic mass is 9.94. The van der Waals surface area contributed by atoms with Gasteiger partial charge in [0.1, 0.15) is 16.6 Å². The zero-order valence-corrected chi connectivity index (χ0v) is 21.7. The number of nitrogens with one attached hydrogen (secondary N) is 1. The van der Waals surface area contributed by atoms with Crippen molar-refractivity contribution >= 4 is 28.8 Å². The molecule has 1 aliphatic carbocycles. The van der Waals surface area contributed by atoms with Gasteiger partial charge in [0, 0.05) is 34.5 Å². The molecule has 8 nitrogen and oxygen atoms in total. The first-order chi connectivity index (χ1) is 17.5. The number of hydrogen-bond donors (Lipinski definition) is 1. The van der Waals surface area contributed by atoms with Crippen LogP contribution in [0.5, 0.6) is 0 Å². The fraction of sp³-hybridized carbons (Fsp3) is 0.385. The summed E-state index contributed by atoms with van der Waals surface area (Å²) < 4.78 is 4.39. The lowest BCUT2D eigenvalue weighted by Crippen LogP contribution is -2.41. The highest BCUT2D eigenvalue weighted by Crippen LogP contribution is 2.47. The number of carbonyl (C=O) groups is 1. The minimum atomic E-state index is -0.0732. The number of amides is 1. The first kappa shape index (κ1) is 22.2. The van der Waals surface area contributed by atoms with E-state index in [2.05, 4.69) is 35.7 Å². The van der Waals surface area contributed by atoms with Crippen LogP contribution in [0.25, 0.3) is 5.00 Å². The van der Waals surface area contributed by atoms with Crippen molar-refractivity contribution in [2.24, 2.45) is 5.92 Å². The molecule has 2 atom stereocenters. The van der Waals surface area contributed by atoms with Gasteiger partial charge in [0.15, 0.2) is 5.82 Å². The van der Waals surface area contributed by atoms with Crippen molar-refractivity contribution in [1.29, 1.82) is 0 Å². The van der Waals surface area contributed by atoms with Crippen molar-refractivity contribution in [3.8, 4) is 5.00 Å².